The van der Waals surface area contributed by atoms with Crippen LogP contribution in [0, 0.1) is 12.3 Å². The highest BCUT2D eigenvalue weighted by Crippen LogP contribution is 2.19. The molecule has 0 saturated carbocycles. The molecule has 1 nitrogen and oxygen atoms in total. The lowest BCUT2D eigenvalue weighted by molar-refractivity contribution is -0.106. The smallest absolute Gasteiger partial charge is 0.213 e. The lowest BCUT2D eigenvalue weighted by Crippen LogP contribution is -1.87. The second kappa shape index (κ2) is 2.06. The average molecular weight is 124 g/mol. The van der Waals surface area contributed by atoms with Gasteiger partial charge in [-0.3, -0.25) is 4.79 Å². The first-order valence-corrected chi connectivity index (χ1v) is 3.06. The molecule has 2 heteroatoms. The van der Waals surface area contributed by atoms with Gasteiger partial charge < -0.3 is 0 Å². The molecule has 1 aliphatic rings. The Labute approximate surface area is 52.2 Å². The second-order valence-corrected chi connectivity index (χ2v) is 2.53. The van der Waals surface area contributed by atoms with Gasteiger partial charge in [0.1, 0.15) is 0 Å². The molecule has 0 saturated heterocycles. The number of hydrogen-bond acceptors (Lipinski definition) is 2. The number of rotatable bonds is 0. The molecular formula is C6H4OS. The van der Waals surface area contributed by atoms with Gasteiger partial charge in [0, 0.05) is 0 Å². The summed E-state index contributed by atoms with van der Waals surface area (Å²) in [6.07, 6.45) is 8.26. The fraction of sp³-hybridized carbons (Fsp3) is 0.167. The first kappa shape index (κ1) is 5.46. The molecule has 1 unspecified atom stereocenters. The molecule has 1 heterocycles. The van der Waals surface area contributed by atoms with Gasteiger partial charge in [0.05, 0.1) is 5.25 Å². The zero-order valence-corrected chi connectivity index (χ0v) is 4.94. The molecule has 0 aliphatic carbocycles. The highest BCUT2D eigenvalue weighted by molar-refractivity contribution is 8.15. The van der Waals surface area contributed by atoms with E-state index in [0.29, 0.717) is 0 Å². The predicted molar refractivity (Wildman–Crippen MR) is 34.4 cm³/mol. The summed E-state index contributed by atoms with van der Waals surface area (Å²) in [6.45, 7) is 0. The van der Waals surface area contributed by atoms with Crippen LogP contribution < -0.4 is 0 Å². The molecule has 0 aromatic rings. The van der Waals surface area contributed by atoms with Crippen LogP contribution in [0.5, 0.6) is 0 Å². The lowest BCUT2D eigenvalue weighted by atomic mass is 10.4. The van der Waals surface area contributed by atoms with Gasteiger partial charge in [-0.1, -0.05) is 23.8 Å². The summed E-state index contributed by atoms with van der Waals surface area (Å²) < 4.78 is 0. The predicted octanol–water partition coefficient (Wildman–Crippen LogP) is 0.818. The zero-order valence-electron chi connectivity index (χ0n) is 4.13. The van der Waals surface area contributed by atoms with Crippen LogP contribution in [0.3, 0.4) is 0 Å². The van der Waals surface area contributed by atoms with Crippen molar-refractivity contribution in [2.45, 2.75) is 5.25 Å². The standard InChI is InChI=1S/C6H4OS/c1-2-5-3-4-6(7)8-5/h1,3-5H. The molecule has 1 atom stereocenters. The Morgan fingerprint density at radius 2 is 2.62 bits per heavy atom. The van der Waals surface area contributed by atoms with E-state index in [0.717, 1.165) is 0 Å². The molecule has 0 N–H and O–H groups in total. The summed E-state index contributed by atoms with van der Waals surface area (Å²) in [5, 5.41) is 0.0513. The third-order valence-corrected chi connectivity index (χ3v) is 1.73. The van der Waals surface area contributed by atoms with Gasteiger partial charge >= 0.3 is 0 Å². The van der Waals surface area contributed by atoms with Crippen molar-refractivity contribution in [3.8, 4) is 12.3 Å². The summed E-state index contributed by atoms with van der Waals surface area (Å²) in [4.78, 5) is 10.4. The lowest BCUT2D eigenvalue weighted by Gasteiger charge is -1.88. The van der Waals surface area contributed by atoms with E-state index >= 15 is 0 Å². The van der Waals surface area contributed by atoms with Gasteiger partial charge in [0.25, 0.3) is 0 Å². The highest BCUT2D eigenvalue weighted by atomic mass is 32.2. The van der Waals surface area contributed by atoms with E-state index in [2.05, 4.69) is 5.92 Å². The molecule has 0 spiro atoms. The van der Waals surface area contributed by atoms with Crippen molar-refractivity contribution >= 4 is 16.9 Å². The molecule has 0 fully saturated rings. The Hall–Kier alpha value is -0.680. The topological polar surface area (TPSA) is 17.1 Å². The Balaban J connectivity index is 2.62. The monoisotopic (exact) mass is 124 g/mol. The fourth-order valence-corrected chi connectivity index (χ4v) is 1.09. The minimum atomic E-state index is -0.0116. The molecule has 0 aromatic carbocycles. The van der Waals surface area contributed by atoms with Crippen LogP contribution >= 0.6 is 11.8 Å². The fourth-order valence-electron chi connectivity index (χ4n) is 0.459. The summed E-state index contributed by atoms with van der Waals surface area (Å²) in [6, 6.07) is 0. The first-order valence-electron chi connectivity index (χ1n) is 2.18. The van der Waals surface area contributed by atoms with Crippen LogP contribution in [-0.4, -0.2) is 10.4 Å². The number of carbonyl (C=O) groups is 1. The van der Waals surface area contributed by atoms with Crippen LogP contribution in [0.25, 0.3) is 0 Å². The first-order chi connectivity index (χ1) is 3.83. The van der Waals surface area contributed by atoms with E-state index in [1.54, 1.807) is 6.08 Å². The molecule has 0 radical (unpaired) electrons. The Morgan fingerprint density at radius 3 is 2.88 bits per heavy atom. The number of carbonyl (C=O) groups excluding carboxylic acids is 1. The highest BCUT2D eigenvalue weighted by Gasteiger charge is 2.12. The number of terminal acetylenes is 1. The molecule has 0 bridgehead atoms. The van der Waals surface area contributed by atoms with Crippen molar-refractivity contribution in [3.63, 3.8) is 0 Å². The number of hydrogen-bond donors (Lipinski definition) is 0. The van der Waals surface area contributed by atoms with Crippen molar-refractivity contribution < 1.29 is 4.79 Å². The molecule has 1 aliphatic heterocycles. The summed E-state index contributed by atoms with van der Waals surface area (Å²) >= 11 is 1.18. The Morgan fingerprint density at radius 1 is 1.88 bits per heavy atom. The Kier molecular flexibility index (Phi) is 1.40. The maximum atomic E-state index is 10.4. The molecule has 0 aromatic heterocycles. The van der Waals surface area contributed by atoms with E-state index in [9.17, 15) is 4.79 Å². The maximum Gasteiger partial charge on any atom is 0.213 e. The van der Waals surface area contributed by atoms with Crippen LogP contribution in [0.15, 0.2) is 12.2 Å². The van der Waals surface area contributed by atoms with E-state index in [1.165, 1.54) is 17.8 Å². The Bertz CT molecular complexity index is 175. The van der Waals surface area contributed by atoms with E-state index < -0.39 is 0 Å². The van der Waals surface area contributed by atoms with E-state index in [1.807, 2.05) is 0 Å². The normalized spacial score (nSPS) is 25.9. The van der Waals surface area contributed by atoms with Gasteiger partial charge in [0.15, 0.2) is 0 Å². The van der Waals surface area contributed by atoms with E-state index in [-0.39, 0.29) is 10.4 Å². The second-order valence-electron chi connectivity index (χ2n) is 1.38. The molecular weight excluding hydrogens is 120 g/mol. The van der Waals surface area contributed by atoms with Crippen LogP contribution in [-0.2, 0) is 4.79 Å². The average Bonchev–Trinajstić information content (AvgIpc) is 2.14. The van der Waals surface area contributed by atoms with Gasteiger partial charge in [-0.25, -0.2) is 0 Å². The molecule has 1 rings (SSSR count). The van der Waals surface area contributed by atoms with Gasteiger partial charge in [-0.15, -0.1) is 6.42 Å². The van der Waals surface area contributed by atoms with E-state index in [4.69, 9.17) is 6.42 Å². The third-order valence-electron chi connectivity index (χ3n) is 0.814. The van der Waals surface area contributed by atoms with Crippen molar-refractivity contribution in [1.82, 2.24) is 0 Å². The quantitative estimate of drug-likeness (QED) is 0.445. The molecule has 8 heavy (non-hydrogen) atoms. The zero-order chi connectivity index (χ0) is 5.98. The van der Waals surface area contributed by atoms with Crippen LogP contribution in [0.2, 0.25) is 0 Å². The summed E-state index contributed by atoms with van der Waals surface area (Å²) in [5.74, 6) is 2.45. The molecule has 40 valence electrons. The minimum Gasteiger partial charge on any atom is -0.282 e. The maximum absolute atomic E-state index is 10.4. The van der Waals surface area contributed by atoms with Gasteiger partial charge in [0.2, 0.25) is 5.12 Å². The summed E-state index contributed by atoms with van der Waals surface area (Å²) in [5.41, 5.74) is 0. The summed E-state index contributed by atoms with van der Waals surface area (Å²) in [7, 11) is 0. The SMILES string of the molecule is C#CC1C=CC(=O)S1. The van der Waals surface area contributed by atoms with Crippen molar-refractivity contribution in [1.29, 1.82) is 0 Å². The van der Waals surface area contributed by atoms with Gasteiger partial charge in [-0.05, 0) is 6.08 Å². The van der Waals surface area contributed by atoms with Crippen LogP contribution in [0.4, 0.5) is 0 Å². The molecule has 0 amide bonds. The van der Waals surface area contributed by atoms with Crippen LogP contribution in [0.1, 0.15) is 0 Å². The third kappa shape index (κ3) is 0.932. The van der Waals surface area contributed by atoms with Gasteiger partial charge in [-0.2, -0.15) is 0 Å². The minimum absolute atomic E-state index is 0.0116. The van der Waals surface area contributed by atoms with Crippen molar-refractivity contribution in [3.05, 3.63) is 12.2 Å². The van der Waals surface area contributed by atoms with Crippen molar-refractivity contribution in [2.24, 2.45) is 0 Å². The number of thioether (sulfide) groups is 1. The largest absolute Gasteiger partial charge is 0.282 e. The van der Waals surface area contributed by atoms with Crippen molar-refractivity contribution in [2.75, 3.05) is 0 Å².